The summed E-state index contributed by atoms with van der Waals surface area (Å²) < 4.78 is 29.0. The zero-order valence-corrected chi connectivity index (χ0v) is 14.9. The van der Waals surface area contributed by atoms with Gasteiger partial charge in [-0.15, -0.1) is 0 Å². The van der Waals surface area contributed by atoms with Crippen molar-refractivity contribution in [3.8, 4) is 5.69 Å². The molecular formula is C17H17ClN2O3S. The van der Waals surface area contributed by atoms with Gasteiger partial charge in [-0.05, 0) is 55.3 Å². The Morgan fingerprint density at radius 2 is 1.92 bits per heavy atom. The lowest BCUT2D eigenvalue weighted by molar-refractivity contribution is 0.326. The summed E-state index contributed by atoms with van der Waals surface area (Å²) in [6, 6.07) is 11.6. The molecule has 3 rings (SSSR count). The topological polar surface area (TPSA) is 61.2 Å². The molecular weight excluding hydrogens is 348 g/mol. The average molecular weight is 365 g/mol. The zero-order chi connectivity index (χ0) is 17.3. The number of rotatable bonds is 5. The molecule has 0 radical (unpaired) electrons. The van der Waals surface area contributed by atoms with Gasteiger partial charge in [0, 0.05) is 22.6 Å². The monoisotopic (exact) mass is 364 g/mol. The molecule has 24 heavy (non-hydrogen) atoms. The maximum atomic E-state index is 11.1. The lowest BCUT2D eigenvalue weighted by Crippen LogP contribution is -2.06. The van der Waals surface area contributed by atoms with Crippen LogP contribution in [-0.2, 0) is 20.7 Å². The minimum Gasteiger partial charge on any atom is -0.312 e. The number of benzene rings is 1. The van der Waals surface area contributed by atoms with Crippen molar-refractivity contribution < 1.29 is 12.6 Å². The maximum absolute atomic E-state index is 11.1. The smallest absolute Gasteiger partial charge is 0.264 e. The molecule has 1 aromatic carbocycles. The van der Waals surface area contributed by atoms with Crippen LogP contribution in [0.25, 0.3) is 16.7 Å². The number of aromatic nitrogens is 2. The summed E-state index contributed by atoms with van der Waals surface area (Å²) in [5.41, 5.74) is 4.82. The van der Waals surface area contributed by atoms with Gasteiger partial charge in [0.25, 0.3) is 10.1 Å². The maximum Gasteiger partial charge on any atom is 0.264 e. The van der Waals surface area contributed by atoms with E-state index in [1.165, 1.54) is 0 Å². The Hall–Kier alpha value is -1.89. The van der Waals surface area contributed by atoms with Crippen LogP contribution in [-0.4, -0.2) is 30.8 Å². The second kappa shape index (κ2) is 6.55. The van der Waals surface area contributed by atoms with Crippen LogP contribution >= 0.6 is 11.6 Å². The van der Waals surface area contributed by atoms with Crippen LogP contribution in [0.2, 0.25) is 5.02 Å². The van der Waals surface area contributed by atoms with Crippen molar-refractivity contribution in [2.75, 3.05) is 12.9 Å². The summed E-state index contributed by atoms with van der Waals surface area (Å²) in [6.07, 6.45) is 3.27. The first-order chi connectivity index (χ1) is 11.3. The predicted molar refractivity (Wildman–Crippen MR) is 95.3 cm³/mol. The number of fused-ring (bicyclic) bond motifs is 1. The largest absolute Gasteiger partial charge is 0.312 e. The number of pyridine rings is 1. The van der Waals surface area contributed by atoms with Gasteiger partial charge in [-0.3, -0.25) is 9.17 Å². The van der Waals surface area contributed by atoms with Crippen LogP contribution in [0.3, 0.4) is 0 Å². The highest BCUT2D eigenvalue weighted by molar-refractivity contribution is 7.85. The van der Waals surface area contributed by atoms with Gasteiger partial charge in [-0.25, -0.2) is 0 Å². The second-order valence-electron chi connectivity index (χ2n) is 5.62. The van der Waals surface area contributed by atoms with Gasteiger partial charge in [0.05, 0.1) is 23.9 Å². The lowest BCUT2D eigenvalue weighted by atomic mass is 10.2. The van der Waals surface area contributed by atoms with Crippen molar-refractivity contribution in [3.05, 3.63) is 58.9 Å². The van der Waals surface area contributed by atoms with Gasteiger partial charge in [0.15, 0.2) is 0 Å². The van der Waals surface area contributed by atoms with Gasteiger partial charge >= 0.3 is 0 Å². The van der Waals surface area contributed by atoms with E-state index in [2.05, 4.69) is 9.55 Å². The Morgan fingerprint density at radius 1 is 1.21 bits per heavy atom. The molecule has 2 heterocycles. The minimum atomic E-state index is -3.43. The van der Waals surface area contributed by atoms with E-state index in [-0.39, 0.29) is 6.61 Å². The molecule has 7 heteroatoms. The van der Waals surface area contributed by atoms with Crippen molar-refractivity contribution in [1.82, 2.24) is 9.55 Å². The Labute approximate surface area is 146 Å². The highest BCUT2D eigenvalue weighted by atomic mass is 35.5. The van der Waals surface area contributed by atoms with Gasteiger partial charge in [-0.1, -0.05) is 11.6 Å². The quantitative estimate of drug-likeness (QED) is 0.650. The molecule has 0 N–H and O–H groups in total. The molecule has 0 atom stereocenters. The minimum absolute atomic E-state index is 0.104. The first kappa shape index (κ1) is 17.0. The number of nitrogens with zero attached hydrogens (tertiary/aromatic N) is 2. The lowest BCUT2D eigenvalue weighted by Gasteiger charge is -2.09. The highest BCUT2D eigenvalue weighted by Gasteiger charge is 2.10. The van der Waals surface area contributed by atoms with E-state index in [0.29, 0.717) is 11.4 Å². The molecule has 3 aromatic rings. The fraction of sp³-hybridized carbons (Fsp3) is 0.235. The van der Waals surface area contributed by atoms with E-state index in [1.54, 1.807) is 6.20 Å². The Bertz CT molecular complexity index is 979. The van der Waals surface area contributed by atoms with Crippen LogP contribution < -0.4 is 0 Å². The molecule has 0 saturated heterocycles. The zero-order valence-electron chi connectivity index (χ0n) is 13.4. The molecule has 0 aliphatic carbocycles. The van der Waals surface area contributed by atoms with Crippen molar-refractivity contribution in [1.29, 1.82) is 0 Å². The van der Waals surface area contributed by atoms with E-state index >= 15 is 0 Å². The first-order valence-corrected chi connectivity index (χ1v) is 9.60. The van der Waals surface area contributed by atoms with Crippen LogP contribution in [0, 0.1) is 6.92 Å². The predicted octanol–water partition coefficient (Wildman–Crippen LogP) is 3.51. The molecule has 0 aliphatic heterocycles. The highest BCUT2D eigenvalue weighted by Crippen LogP contribution is 2.24. The summed E-state index contributed by atoms with van der Waals surface area (Å²) in [4.78, 5) is 4.47. The molecule has 0 bridgehead atoms. The number of aryl methyl sites for hydroxylation is 1. The second-order valence-corrected chi connectivity index (χ2v) is 7.70. The standard InChI is InChI=1S/C17H17ClN2O3S/c1-12-9-16-17(20(12)15-5-3-14(18)4-6-15)10-13(11-19-16)7-8-23-24(2,21)22/h3-6,9-11H,7-8H2,1-2H3. The molecule has 0 unspecified atom stereocenters. The fourth-order valence-corrected chi connectivity index (χ4v) is 3.14. The number of halogens is 1. The molecule has 0 aliphatic rings. The molecule has 0 saturated carbocycles. The van der Waals surface area contributed by atoms with Crippen molar-refractivity contribution in [2.24, 2.45) is 0 Å². The van der Waals surface area contributed by atoms with Crippen molar-refractivity contribution in [3.63, 3.8) is 0 Å². The van der Waals surface area contributed by atoms with E-state index in [0.717, 1.165) is 34.2 Å². The number of hydrogen-bond acceptors (Lipinski definition) is 4. The molecule has 126 valence electrons. The third-order valence-electron chi connectivity index (χ3n) is 3.67. The average Bonchev–Trinajstić information content (AvgIpc) is 2.82. The van der Waals surface area contributed by atoms with Gasteiger partial charge < -0.3 is 4.57 Å². The van der Waals surface area contributed by atoms with Gasteiger partial charge in [-0.2, -0.15) is 8.42 Å². The summed E-state index contributed by atoms with van der Waals surface area (Å²) in [5.74, 6) is 0. The van der Waals surface area contributed by atoms with E-state index in [9.17, 15) is 8.42 Å². The van der Waals surface area contributed by atoms with Crippen molar-refractivity contribution >= 4 is 32.8 Å². The molecule has 0 amide bonds. The molecule has 2 aromatic heterocycles. The van der Waals surface area contributed by atoms with Crippen LogP contribution in [0.4, 0.5) is 0 Å². The first-order valence-electron chi connectivity index (χ1n) is 7.41. The van der Waals surface area contributed by atoms with E-state index in [4.69, 9.17) is 15.8 Å². The van der Waals surface area contributed by atoms with Crippen LogP contribution in [0.5, 0.6) is 0 Å². The van der Waals surface area contributed by atoms with E-state index < -0.39 is 10.1 Å². The Balaban J connectivity index is 1.96. The normalized spacial score (nSPS) is 12.0. The van der Waals surface area contributed by atoms with E-state index in [1.807, 2.05) is 43.3 Å². The third-order valence-corrected chi connectivity index (χ3v) is 4.51. The Kier molecular flexibility index (Phi) is 4.62. The molecule has 5 nitrogen and oxygen atoms in total. The van der Waals surface area contributed by atoms with Crippen LogP contribution in [0.1, 0.15) is 11.3 Å². The summed E-state index contributed by atoms with van der Waals surface area (Å²) >= 11 is 5.97. The third kappa shape index (κ3) is 3.77. The number of hydrogen-bond donors (Lipinski definition) is 0. The van der Waals surface area contributed by atoms with Gasteiger partial charge in [0.1, 0.15) is 0 Å². The molecule has 0 fully saturated rings. The SMILES string of the molecule is Cc1cc2ncc(CCOS(C)(=O)=O)cc2n1-c1ccc(Cl)cc1. The fourth-order valence-electron chi connectivity index (χ4n) is 2.63. The Morgan fingerprint density at radius 3 is 2.58 bits per heavy atom. The summed E-state index contributed by atoms with van der Waals surface area (Å²) in [6.45, 7) is 2.12. The van der Waals surface area contributed by atoms with Crippen LogP contribution in [0.15, 0.2) is 42.6 Å². The summed E-state index contributed by atoms with van der Waals surface area (Å²) in [7, 11) is -3.43. The van der Waals surface area contributed by atoms with Gasteiger partial charge in [0.2, 0.25) is 0 Å². The molecule has 0 spiro atoms. The van der Waals surface area contributed by atoms with Crippen molar-refractivity contribution in [2.45, 2.75) is 13.3 Å². The summed E-state index contributed by atoms with van der Waals surface area (Å²) in [5, 5.41) is 0.685.